The Bertz CT molecular complexity index is 136. The van der Waals surface area contributed by atoms with Crippen LogP contribution in [0.15, 0.2) is 0 Å². The molecule has 0 saturated heterocycles. The molecule has 0 aliphatic rings. The van der Waals surface area contributed by atoms with E-state index in [-0.39, 0.29) is 12.0 Å². The van der Waals surface area contributed by atoms with Gasteiger partial charge >= 0.3 is 5.97 Å². The molecule has 0 aromatic heterocycles. The van der Waals surface area contributed by atoms with Crippen LogP contribution in [0.4, 0.5) is 0 Å². The van der Waals surface area contributed by atoms with Crippen LogP contribution in [0.2, 0.25) is 0 Å². The first-order valence-corrected chi connectivity index (χ1v) is 4.59. The Morgan fingerprint density at radius 3 is 2.42 bits per heavy atom. The molecule has 0 aromatic rings. The zero-order chi connectivity index (χ0) is 9.56. The molecule has 2 N–H and O–H groups in total. The monoisotopic (exact) mass is 173 g/mol. The van der Waals surface area contributed by atoms with Crippen LogP contribution >= 0.6 is 0 Å². The first kappa shape index (κ1) is 11.4. The Morgan fingerprint density at radius 1 is 1.50 bits per heavy atom. The number of rotatable bonds is 6. The maximum absolute atomic E-state index is 10.7. The van der Waals surface area contributed by atoms with Gasteiger partial charge in [-0.2, -0.15) is 0 Å². The molecule has 0 rings (SSSR count). The van der Waals surface area contributed by atoms with E-state index in [4.69, 9.17) is 5.11 Å². The summed E-state index contributed by atoms with van der Waals surface area (Å²) in [6.45, 7) is 6.69. The number of likely N-dealkylation sites (N-methyl/N-ethyl adjacent to an activating group) is 1. The van der Waals surface area contributed by atoms with E-state index in [2.05, 4.69) is 12.2 Å². The third-order valence-electron chi connectivity index (χ3n) is 2.00. The molecule has 2 atom stereocenters. The Hall–Kier alpha value is -0.570. The second kappa shape index (κ2) is 6.00. The molecule has 0 spiro atoms. The zero-order valence-corrected chi connectivity index (χ0v) is 8.13. The number of carboxylic acid groups (broad SMARTS) is 1. The molecule has 0 heterocycles. The van der Waals surface area contributed by atoms with Crippen LogP contribution in [0.3, 0.4) is 0 Å². The van der Waals surface area contributed by atoms with Crippen molar-refractivity contribution in [1.82, 2.24) is 5.32 Å². The maximum atomic E-state index is 10.7. The molecule has 72 valence electrons. The molecule has 0 amide bonds. The number of nitrogens with one attached hydrogen (secondary N) is 1. The molecule has 3 nitrogen and oxygen atoms in total. The minimum atomic E-state index is -0.738. The molecule has 3 heteroatoms. The molecule has 0 bridgehead atoms. The van der Waals surface area contributed by atoms with Gasteiger partial charge in [0.15, 0.2) is 0 Å². The van der Waals surface area contributed by atoms with E-state index in [0.717, 1.165) is 12.8 Å². The van der Waals surface area contributed by atoms with E-state index < -0.39 is 5.97 Å². The minimum Gasteiger partial charge on any atom is -0.480 e. The van der Waals surface area contributed by atoms with Gasteiger partial charge in [0, 0.05) is 0 Å². The average Bonchev–Trinajstić information content (AvgIpc) is 1.99. The van der Waals surface area contributed by atoms with E-state index in [9.17, 15) is 4.79 Å². The van der Waals surface area contributed by atoms with Gasteiger partial charge in [-0.25, -0.2) is 0 Å². The summed E-state index contributed by atoms with van der Waals surface area (Å²) in [6, 6.07) is -0.380. The van der Waals surface area contributed by atoms with Gasteiger partial charge in [0.2, 0.25) is 0 Å². The number of carboxylic acids is 1. The van der Waals surface area contributed by atoms with Crippen LogP contribution in [0.5, 0.6) is 0 Å². The Morgan fingerprint density at radius 2 is 2.08 bits per heavy atom. The van der Waals surface area contributed by atoms with Gasteiger partial charge in [0.05, 0.1) is 0 Å². The first-order valence-electron chi connectivity index (χ1n) is 4.59. The highest BCUT2D eigenvalue weighted by Gasteiger charge is 2.22. The summed E-state index contributed by atoms with van der Waals surface area (Å²) in [5, 5.41) is 11.8. The Kier molecular flexibility index (Phi) is 5.72. The molecule has 0 fully saturated rings. The van der Waals surface area contributed by atoms with Crippen molar-refractivity contribution >= 4 is 5.97 Å². The predicted molar refractivity (Wildman–Crippen MR) is 49.2 cm³/mol. The second-order valence-corrected chi connectivity index (χ2v) is 3.14. The van der Waals surface area contributed by atoms with Gasteiger partial charge in [0.1, 0.15) is 6.04 Å². The second-order valence-electron chi connectivity index (χ2n) is 3.14. The fourth-order valence-corrected chi connectivity index (χ4v) is 1.37. The van der Waals surface area contributed by atoms with Crippen LogP contribution in [-0.2, 0) is 4.79 Å². The first-order chi connectivity index (χ1) is 5.63. The Balaban J connectivity index is 3.99. The van der Waals surface area contributed by atoms with E-state index >= 15 is 0 Å². The number of aliphatic carboxylic acids is 1. The van der Waals surface area contributed by atoms with Crippen LogP contribution in [0, 0.1) is 5.92 Å². The highest BCUT2D eigenvalue weighted by Crippen LogP contribution is 2.10. The van der Waals surface area contributed by atoms with Crippen LogP contribution in [-0.4, -0.2) is 23.7 Å². The summed E-state index contributed by atoms with van der Waals surface area (Å²) < 4.78 is 0. The van der Waals surface area contributed by atoms with Crippen LogP contribution < -0.4 is 5.32 Å². The number of hydrogen-bond donors (Lipinski definition) is 2. The SMILES string of the molecule is CCCC(C)C(NCC)C(=O)O. The molecule has 0 radical (unpaired) electrons. The van der Waals surface area contributed by atoms with E-state index in [1.54, 1.807) is 0 Å². The molecule has 2 unspecified atom stereocenters. The van der Waals surface area contributed by atoms with E-state index in [1.807, 2.05) is 13.8 Å². The van der Waals surface area contributed by atoms with Crippen LogP contribution in [0.1, 0.15) is 33.6 Å². The molecule has 12 heavy (non-hydrogen) atoms. The molecule has 0 aliphatic heterocycles. The minimum absolute atomic E-state index is 0.215. The zero-order valence-electron chi connectivity index (χ0n) is 8.13. The number of carbonyl (C=O) groups is 1. The van der Waals surface area contributed by atoms with Crippen molar-refractivity contribution in [1.29, 1.82) is 0 Å². The summed E-state index contributed by atoms with van der Waals surface area (Å²) in [7, 11) is 0. The molecule has 0 aliphatic carbocycles. The summed E-state index contributed by atoms with van der Waals surface area (Å²) in [4.78, 5) is 10.7. The van der Waals surface area contributed by atoms with Crippen LogP contribution in [0.25, 0.3) is 0 Å². The van der Waals surface area contributed by atoms with Gasteiger partial charge in [-0.3, -0.25) is 4.79 Å². The van der Waals surface area contributed by atoms with Gasteiger partial charge in [-0.05, 0) is 18.9 Å². The third-order valence-corrected chi connectivity index (χ3v) is 2.00. The van der Waals surface area contributed by atoms with E-state index in [0.29, 0.717) is 6.54 Å². The lowest BCUT2D eigenvalue weighted by Crippen LogP contribution is -2.41. The normalized spacial score (nSPS) is 15.6. The molecule has 0 saturated carbocycles. The van der Waals surface area contributed by atoms with Crippen molar-refractivity contribution in [2.75, 3.05) is 6.54 Å². The summed E-state index contributed by atoms with van der Waals surface area (Å²) in [5.74, 6) is -0.523. The fraction of sp³-hybridized carbons (Fsp3) is 0.889. The largest absolute Gasteiger partial charge is 0.480 e. The molecular formula is C9H19NO2. The highest BCUT2D eigenvalue weighted by molar-refractivity contribution is 5.73. The van der Waals surface area contributed by atoms with Crippen molar-refractivity contribution in [3.05, 3.63) is 0 Å². The average molecular weight is 173 g/mol. The number of hydrogen-bond acceptors (Lipinski definition) is 2. The van der Waals surface area contributed by atoms with Crippen molar-refractivity contribution in [2.24, 2.45) is 5.92 Å². The highest BCUT2D eigenvalue weighted by atomic mass is 16.4. The molecular weight excluding hydrogens is 154 g/mol. The quantitative estimate of drug-likeness (QED) is 0.639. The lowest BCUT2D eigenvalue weighted by molar-refractivity contribution is -0.140. The van der Waals surface area contributed by atoms with Crippen molar-refractivity contribution in [3.63, 3.8) is 0 Å². The molecule has 0 aromatic carbocycles. The van der Waals surface area contributed by atoms with Gasteiger partial charge in [-0.1, -0.05) is 27.2 Å². The van der Waals surface area contributed by atoms with Gasteiger partial charge < -0.3 is 10.4 Å². The van der Waals surface area contributed by atoms with Gasteiger partial charge in [0.25, 0.3) is 0 Å². The maximum Gasteiger partial charge on any atom is 0.320 e. The standard InChI is InChI=1S/C9H19NO2/c1-4-6-7(3)8(9(11)12)10-5-2/h7-8,10H,4-6H2,1-3H3,(H,11,12). The predicted octanol–water partition coefficient (Wildman–Crippen LogP) is 1.49. The fourth-order valence-electron chi connectivity index (χ4n) is 1.37. The smallest absolute Gasteiger partial charge is 0.320 e. The summed E-state index contributed by atoms with van der Waals surface area (Å²) in [6.07, 6.45) is 2.00. The Labute approximate surface area is 74.2 Å². The van der Waals surface area contributed by atoms with Crippen molar-refractivity contribution < 1.29 is 9.90 Å². The topological polar surface area (TPSA) is 49.3 Å². The van der Waals surface area contributed by atoms with E-state index in [1.165, 1.54) is 0 Å². The third kappa shape index (κ3) is 3.72. The van der Waals surface area contributed by atoms with Crippen molar-refractivity contribution in [2.45, 2.75) is 39.7 Å². The van der Waals surface area contributed by atoms with Crippen molar-refractivity contribution in [3.8, 4) is 0 Å². The summed E-state index contributed by atoms with van der Waals surface area (Å²) >= 11 is 0. The lowest BCUT2D eigenvalue weighted by Gasteiger charge is -2.19. The lowest BCUT2D eigenvalue weighted by atomic mass is 9.97. The van der Waals surface area contributed by atoms with Gasteiger partial charge in [-0.15, -0.1) is 0 Å². The summed E-state index contributed by atoms with van der Waals surface area (Å²) in [5.41, 5.74) is 0.